The number of nitrogens with two attached hydrogens (primary N) is 2. The topological polar surface area (TPSA) is 109 Å². The smallest absolute Gasteiger partial charge is 0.222 e. The highest BCUT2D eigenvalue weighted by Gasteiger charge is 2.22. The highest BCUT2D eigenvalue weighted by atomic mass is 15.3. The second-order valence-electron chi connectivity index (χ2n) is 5.04. The van der Waals surface area contributed by atoms with Gasteiger partial charge in [0.1, 0.15) is 5.82 Å². The number of hydrogen-bond donors (Lipinski definition) is 2. The van der Waals surface area contributed by atoms with Crippen molar-refractivity contribution in [2.45, 2.75) is 6.42 Å². The maximum Gasteiger partial charge on any atom is 0.222 e. The van der Waals surface area contributed by atoms with Crippen LogP contribution in [0.4, 0.5) is 11.8 Å². The van der Waals surface area contributed by atoms with E-state index in [4.69, 9.17) is 11.5 Å². The fourth-order valence-electron chi connectivity index (χ4n) is 2.59. The lowest BCUT2D eigenvalue weighted by Gasteiger charge is -2.08. The summed E-state index contributed by atoms with van der Waals surface area (Å²) in [6, 6.07) is 5.65. The Morgan fingerprint density at radius 1 is 1.14 bits per heavy atom. The van der Waals surface area contributed by atoms with Crippen molar-refractivity contribution in [3.8, 4) is 5.82 Å². The average Bonchev–Trinajstić information content (AvgIpc) is 3.13. The number of hydrogen-bond acceptors (Lipinski definition) is 6. The van der Waals surface area contributed by atoms with E-state index in [1.54, 1.807) is 23.1 Å². The molecule has 7 heteroatoms. The van der Waals surface area contributed by atoms with E-state index < -0.39 is 0 Å². The van der Waals surface area contributed by atoms with Gasteiger partial charge in [-0.2, -0.15) is 4.98 Å². The Balaban J connectivity index is 1.81. The molecule has 0 amide bonds. The lowest BCUT2D eigenvalue weighted by molar-refractivity contribution is 0.832. The molecule has 0 saturated heterocycles. The zero-order valence-corrected chi connectivity index (χ0v) is 11.6. The Bertz CT molecular complexity index is 880. The van der Waals surface area contributed by atoms with Crippen LogP contribution in [0.15, 0.2) is 36.8 Å². The van der Waals surface area contributed by atoms with Gasteiger partial charge in [-0.1, -0.05) is 6.07 Å². The van der Waals surface area contributed by atoms with E-state index in [2.05, 4.69) is 20.1 Å². The molecule has 4 rings (SSSR count). The van der Waals surface area contributed by atoms with Crippen LogP contribution in [0.1, 0.15) is 16.8 Å². The van der Waals surface area contributed by atoms with Gasteiger partial charge in [-0.05, 0) is 23.3 Å². The molecule has 3 aromatic rings. The molecule has 0 saturated carbocycles. The first-order valence-corrected chi connectivity index (χ1v) is 6.79. The van der Waals surface area contributed by atoms with Gasteiger partial charge < -0.3 is 11.5 Å². The molecule has 108 valence electrons. The Hall–Kier alpha value is -3.22. The second-order valence-corrected chi connectivity index (χ2v) is 5.04. The maximum atomic E-state index is 5.82. The molecule has 22 heavy (non-hydrogen) atoms. The number of fused-ring (bicyclic) bond motifs is 1. The van der Waals surface area contributed by atoms with Crippen molar-refractivity contribution in [2.75, 3.05) is 11.5 Å². The summed E-state index contributed by atoms with van der Waals surface area (Å²) in [5.74, 6) is 1.31. The molecule has 7 nitrogen and oxygen atoms in total. The van der Waals surface area contributed by atoms with Crippen molar-refractivity contribution < 1.29 is 0 Å². The van der Waals surface area contributed by atoms with Crippen molar-refractivity contribution in [3.05, 3.63) is 53.6 Å². The van der Waals surface area contributed by atoms with Crippen LogP contribution in [0.5, 0.6) is 0 Å². The summed E-state index contributed by atoms with van der Waals surface area (Å²) in [4.78, 5) is 12.8. The molecule has 0 fully saturated rings. The first-order valence-electron chi connectivity index (χ1n) is 6.79. The molecule has 1 aliphatic rings. The monoisotopic (exact) mass is 291 g/mol. The minimum Gasteiger partial charge on any atom is -0.382 e. The predicted molar refractivity (Wildman–Crippen MR) is 83.8 cm³/mol. The van der Waals surface area contributed by atoms with E-state index in [1.165, 1.54) is 0 Å². The van der Waals surface area contributed by atoms with Crippen LogP contribution in [0, 0.1) is 0 Å². The first kappa shape index (κ1) is 12.5. The van der Waals surface area contributed by atoms with Crippen LogP contribution < -0.4 is 11.5 Å². The van der Waals surface area contributed by atoms with Gasteiger partial charge in [-0.25, -0.2) is 9.67 Å². The molecule has 0 spiro atoms. The fourth-order valence-corrected chi connectivity index (χ4v) is 2.59. The summed E-state index contributed by atoms with van der Waals surface area (Å²) in [5.41, 5.74) is 15.5. The van der Waals surface area contributed by atoms with Gasteiger partial charge in [-0.3, -0.25) is 4.98 Å². The molecule has 0 radical (unpaired) electrons. The minimum absolute atomic E-state index is 0.214. The summed E-state index contributed by atoms with van der Waals surface area (Å²) < 4.78 is 1.63. The van der Waals surface area contributed by atoms with Crippen LogP contribution in [-0.4, -0.2) is 24.7 Å². The summed E-state index contributed by atoms with van der Waals surface area (Å²) in [5, 5.41) is 4.21. The summed E-state index contributed by atoms with van der Waals surface area (Å²) in [6.07, 6.45) is 8.07. The van der Waals surface area contributed by atoms with E-state index in [0.29, 0.717) is 18.1 Å². The number of nitrogens with zero attached hydrogens (tertiary/aromatic N) is 5. The van der Waals surface area contributed by atoms with Crippen molar-refractivity contribution in [3.63, 3.8) is 0 Å². The third-order valence-corrected chi connectivity index (χ3v) is 3.57. The van der Waals surface area contributed by atoms with Gasteiger partial charge >= 0.3 is 0 Å². The molecule has 0 atom stereocenters. The van der Waals surface area contributed by atoms with Gasteiger partial charge in [0.2, 0.25) is 5.95 Å². The van der Waals surface area contributed by atoms with Gasteiger partial charge in [-0.15, -0.1) is 5.10 Å². The van der Waals surface area contributed by atoms with Gasteiger partial charge in [0.05, 0.1) is 5.69 Å². The molecule has 0 aromatic carbocycles. The Kier molecular flexibility index (Phi) is 2.65. The molecule has 3 heterocycles. The van der Waals surface area contributed by atoms with Crippen LogP contribution in [0.3, 0.4) is 0 Å². The van der Waals surface area contributed by atoms with Crippen molar-refractivity contribution in [1.82, 2.24) is 24.7 Å². The highest BCUT2D eigenvalue weighted by molar-refractivity contribution is 5.88. The van der Waals surface area contributed by atoms with Crippen LogP contribution in [0.25, 0.3) is 17.5 Å². The molecule has 1 aliphatic carbocycles. The number of allylic oxidation sites excluding steroid dienone is 1. The molecule has 3 aromatic heterocycles. The molecule has 4 N–H and O–H groups in total. The average molecular weight is 291 g/mol. The highest BCUT2D eigenvalue weighted by Crippen LogP contribution is 2.33. The predicted octanol–water partition coefficient (Wildman–Crippen LogP) is 1.32. The molecule has 0 bridgehead atoms. The molecular formula is C15H13N7. The van der Waals surface area contributed by atoms with Gasteiger partial charge in [0.25, 0.3) is 0 Å². The zero-order valence-electron chi connectivity index (χ0n) is 11.6. The Morgan fingerprint density at radius 3 is 2.77 bits per heavy atom. The number of anilines is 2. The quantitative estimate of drug-likeness (QED) is 0.737. The zero-order chi connectivity index (χ0) is 15.1. The molecular weight excluding hydrogens is 278 g/mol. The molecule has 0 unspecified atom stereocenters. The Labute approximate surface area is 126 Å². The minimum atomic E-state index is 0.214. The maximum absolute atomic E-state index is 5.82. The third-order valence-electron chi connectivity index (χ3n) is 3.57. The number of rotatable bonds is 2. The SMILES string of the molecule is Nc1ccn(-c2nc(N)nc3c2CC(c2cccnc2)=C3)n1. The van der Waals surface area contributed by atoms with Gasteiger partial charge in [0, 0.05) is 36.6 Å². The second kappa shape index (κ2) is 4.66. The normalized spacial score (nSPS) is 13.0. The largest absolute Gasteiger partial charge is 0.382 e. The summed E-state index contributed by atoms with van der Waals surface area (Å²) in [6.45, 7) is 0. The summed E-state index contributed by atoms with van der Waals surface area (Å²) >= 11 is 0. The fraction of sp³-hybridized carbons (Fsp3) is 0.0667. The third kappa shape index (κ3) is 1.99. The summed E-state index contributed by atoms with van der Waals surface area (Å²) in [7, 11) is 0. The van der Waals surface area contributed by atoms with Crippen molar-refractivity contribution in [1.29, 1.82) is 0 Å². The van der Waals surface area contributed by atoms with E-state index in [9.17, 15) is 0 Å². The van der Waals surface area contributed by atoms with E-state index in [0.717, 1.165) is 22.4 Å². The Morgan fingerprint density at radius 2 is 2.05 bits per heavy atom. The van der Waals surface area contributed by atoms with Crippen molar-refractivity contribution >= 4 is 23.4 Å². The number of pyridine rings is 1. The van der Waals surface area contributed by atoms with Crippen molar-refractivity contribution in [2.24, 2.45) is 0 Å². The van der Waals surface area contributed by atoms with Crippen LogP contribution >= 0.6 is 0 Å². The standard InChI is InChI=1S/C15H13N7/c16-13-3-5-22(21-13)14-11-6-10(9-2-1-4-18-8-9)7-12(11)19-15(17)20-14/h1-5,7-8H,6H2,(H2,16,21)(H2,17,19,20). The number of nitrogen functional groups attached to an aromatic ring is 2. The number of aromatic nitrogens is 5. The lowest BCUT2D eigenvalue weighted by Crippen LogP contribution is -2.09. The van der Waals surface area contributed by atoms with E-state index >= 15 is 0 Å². The van der Waals surface area contributed by atoms with Gasteiger partial charge in [0.15, 0.2) is 5.82 Å². The van der Waals surface area contributed by atoms with Crippen LogP contribution in [-0.2, 0) is 6.42 Å². The molecule has 0 aliphatic heterocycles. The van der Waals surface area contributed by atoms with Crippen LogP contribution in [0.2, 0.25) is 0 Å². The van der Waals surface area contributed by atoms with E-state index in [1.807, 2.05) is 24.4 Å². The van der Waals surface area contributed by atoms with E-state index in [-0.39, 0.29) is 5.95 Å². The first-order chi connectivity index (χ1) is 10.7. The lowest BCUT2D eigenvalue weighted by atomic mass is 10.1.